The number of nitriles is 1. The van der Waals surface area contributed by atoms with E-state index in [1.165, 1.54) is 0 Å². The van der Waals surface area contributed by atoms with E-state index in [-0.39, 0.29) is 0 Å². The molecule has 27 heavy (non-hydrogen) atoms. The Morgan fingerprint density at radius 2 is 2.22 bits per heavy atom. The standard InChI is InChI=1S/C22H23N3O2/c1-4-27-21-11-8-15(12-16(21)13-23)14(2)25-22(24-3)19-7-5-6-18-17(19)9-10-20(18)26/h5-8,11-12,20,26H,2,4,9-10H2,1,3H3,(H,24,25). The van der Waals surface area contributed by atoms with Crippen molar-refractivity contribution >= 4 is 11.5 Å². The second-order valence-electron chi connectivity index (χ2n) is 6.36. The molecule has 0 bridgehead atoms. The second kappa shape index (κ2) is 8.07. The average Bonchev–Trinajstić information content (AvgIpc) is 3.07. The zero-order valence-electron chi connectivity index (χ0n) is 15.6. The van der Waals surface area contributed by atoms with Crippen LogP contribution in [0.15, 0.2) is 48.0 Å². The van der Waals surface area contributed by atoms with Crippen molar-refractivity contribution in [1.29, 1.82) is 5.26 Å². The minimum atomic E-state index is -0.412. The van der Waals surface area contributed by atoms with Gasteiger partial charge in [0.25, 0.3) is 0 Å². The Hall–Kier alpha value is -3.10. The Kier molecular flexibility index (Phi) is 5.58. The molecule has 0 fully saturated rings. The number of hydrogen-bond acceptors (Lipinski definition) is 4. The van der Waals surface area contributed by atoms with Crippen LogP contribution in [0.3, 0.4) is 0 Å². The molecule has 0 amide bonds. The highest BCUT2D eigenvalue weighted by atomic mass is 16.5. The summed E-state index contributed by atoms with van der Waals surface area (Å²) in [4.78, 5) is 4.39. The maximum atomic E-state index is 10.1. The van der Waals surface area contributed by atoms with E-state index in [0.717, 1.165) is 35.1 Å². The van der Waals surface area contributed by atoms with Crippen molar-refractivity contribution in [3.63, 3.8) is 0 Å². The number of aliphatic imine (C=N–C) groups is 1. The summed E-state index contributed by atoms with van der Waals surface area (Å²) in [6, 6.07) is 13.5. The van der Waals surface area contributed by atoms with Crippen LogP contribution in [0.4, 0.5) is 0 Å². The number of aliphatic hydroxyl groups is 1. The van der Waals surface area contributed by atoms with Gasteiger partial charge in [0.05, 0.1) is 18.3 Å². The minimum absolute atomic E-state index is 0.412. The Labute approximate surface area is 159 Å². The van der Waals surface area contributed by atoms with Gasteiger partial charge < -0.3 is 15.2 Å². The molecular weight excluding hydrogens is 338 g/mol. The quantitative estimate of drug-likeness (QED) is 0.630. The normalized spacial score (nSPS) is 15.8. The van der Waals surface area contributed by atoms with Crippen LogP contribution < -0.4 is 10.1 Å². The van der Waals surface area contributed by atoms with E-state index in [2.05, 4.69) is 23.0 Å². The lowest BCUT2D eigenvalue weighted by Gasteiger charge is -2.16. The summed E-state index contributed by atoms with van der Waals surface area (Å²) in [5.74, 6) is 1.26. The Morgan fingerprint density at radius 3 is 2.93 bits per heavy atom. The molecule has 138 valence electrons. The molecule has 1 aliphatic carbocycles. The number of hydrogen-bond donors (Lipinski definition) is 2. The molecule has 0 aliphatic heterocycles. The molecule has 3 rings (SSSR count). The Balaban J connectivity index is 1.87. The van der Waals surface area contributed by atoms with E-state index in [1.54, 1.807) is 19.2 Å². The summed E-state index contributed by atoms with van der Waals surface area (Å²) < 4.78 is 5.47. The third-order valence-corrected chi connectivity index (χ3v) is 4.74. The summed E-state index contributed by atoms with van der Waals surface area (Å²) >= 11 is 0. The first kappa shape index (κ1) is 18.7. The van der Waals surface area contributed by atoms with E-state index in [4.69, 9.17) is 4.74 Å². The number of rotatable bonds is 5. The largest absolute Gasteiger partial charge is 0.492 e. The molecule has 0 heterocycles. The van der Waals surface area contributed by atoms with Gasteiger partial charge in [-0.3, -0.25) is 4.99 Å². The molecule has 1 unspecified atom stereocenters. The van der Waals surface area contributed by atoms with E-state index >= 15 is 0 Å². The van der Waals surface area contributed by atoms with Crippen molar-refractivity contribution in [2.24, 2.45) is 4.99 Å². The average molecular weight is 361 g/mol. The van der Waals surface area contributed by atoms with Gasteiger partial charge >= 0.3 is 0 Å². The first-order valence-corrected chi connectivity index (χ1v) is 8.99. The zero-order valence-corrected chi connectivity index (χ0v) is 15.6. The van der Waals surface area contributed by atoms with Gasteiger partial charge in [0.2, 0.25) is 0 Å². The zero-order chi connectivity index (χ0) is 19.4. The molecule has 5 heteroatoms. The summed E-state index contributed by atoms with van der Waals surface area (Å²) in [5, 5.41) is 22.8. The molecular formula is C22H23N3O2. The van der Waals surface area contributed by atoms with E-state index < -0.39 is 6.10 Å². The molecule has 0 radical (unpaired) electrons. The van der Waals surface area contributed by atoms with Gasteiger partial charge in [-0.2, -0.15) is 5.26 Å². The fourth-order valence-corrected chi connectivity index (χ4v) is 3.40. The highest BCUT2D eigenvalue weighted by Gasteiger charge is 2.24. The SMILES string of the molecule is C=C(NC(=NC)c1cccc2c1CCC2O)c1ccc(OCC)c(C#N)c1. The van der Waals surface area contributed by atoms with Gasteiger partial charge in [0, 0.05) is 18.3 Å². The number of amidine groups is 1. The van der Waals surface area contributed by atoms with Crippen molar-refractivity contribution in [1.82, 2.24) is 5.32 Å². The molecule has 0 aromatic heterocycles. The lowest BCUT2D eigenvalue weighted by molar-refractivity contribution is 0.180. The predicted molar refractivity (Wildman–Crippen MR) is 107 cm³/mol. The van der Waals surface area contributed by atoms with Gasteiger partial charge in [0.15, 0.2) is 0 Å². The minimum Gasteiger partial charge on any atom is -0.492 e. The number of aliphatic hydroxyl groups excluding tert-OH is 1. The number of fused-ring (bicyclic) bond motifs is 1. The molecule has 1 aliphatic rings. The number of ether oxygens (including phenoxy) is 1. The summed E-state index contributed by atoms with van der Waals surface area (Å²) in [5.41, 5.74) is 4.97. The highest BCUT2D eigenvalue weighted by Crippen LogP contribution is 2.33. The fourth-order valence-electron chi connectivity index (χ4n) is 3.40. The number of nitrogens with one attached hydrogen (secondary N) is 1. The van der Waals surface area contributed by atoms with Gasteiger partial charge in [0.1, 0.15) is 17.7 Å². The highest BCUT2D eigenvalue weighted by molar-refractivity contribution is 6.04. The molecule has 1 atom stereocenters. The van der Waals surface area contributed by atoms with E-state index in [1.807, 2.05) is 31.2 Å². The van der Waals surface area contributed by atoms with Crippen LogP contribution in [0.1, 0.15) is 47.3 Å². The third kappa shape index (κ3) is 3.71. The summed E-state index contributed by atoms with van der Waals surface area (Å²) in [6.45, 7) is 6.49. The second-order valence-corrected chi connectivity index (χ2v) is 6.36. The topological polar surface area (TPSA) is 77.6 Å². The van der Waals surface area contributed by atoms with Gasteiger partial charge in [-0.25, -0.2) is 0 Å². The van der Waals surface area contributed by atoms with E-state index in [9.17, 15) is 10.4 Å². The number of nitrogens with zero attached hydrogens (tertiary/aromatic N) is 2. The lowest BCUT2D eigenvalue weighted by atomic mass is 10.0. The third-order valence-electron chi connectivity index (χ3n) is 4.74. The van der Waals surface area contributed by atoms with Crippen LogP contribution >= 0.6 is 0 Å². The van der Waals surface area contributed by atoms with Gasteiger partial charge in [-0.1, -0.05) is 24.8 Å². The molecule has 0 saturated carbocycles. The van der Waals surface area contributed by atoms with Gasteiger partial charge in [-0.15, -0.1) is 0 Å². The van der Waals surface area contributed by atoms with Crippen molar-refractivity contribution in [3.8, 4) is 11.8 Å². The Morgan fingerprint density at radius 1 is 1.41 bits per heavy atom. The lowest BCUT2D eigenvalue weighted by Crippen LogP contribution is -2.24. The van der Waals surface area contributed by atoms with Crippen molar-refractivity contribution in [2.45, 2.75) is 25.9 Å². The maximum Gasteiger partial charge on any atom is 0.137 e. The van der Waals surface area contributed by atoms with Crippen LogP contribution in [0, 0.1) is 11.3 Å². The first-order valence-electron chi connectivity index (χ1n) is 8.99. The van der Waals surface area contributed by atoms with Gasteiger partial charge in [-0.05, 0) is 54.7 Å². The van der Waals surface area contributed by atoms with Crippen LogP contribution in [0.2, 0.25) is 0 Å². The fraction of sp³-hybridized carbons (Fsp3) is 0.273. The molecule has 0 spiro atoms. The van der Waals surface area contributed by atoms with Crippen molar-refractivity contribution in [2.75, 3.05) is 13.7 Å². The summed E-state index contributed by atoms with van der Waals surface area (Å²) in [7, 11) is 1.72. The van der Waals surface area contributed by atoms with E-state index in [0.29, 0.717) is 29.5 Å². The molecule has 0 saturated heterocycles. The number of benzene rings is 2. The van der Waals surface area contributed by atoms with Crippen LogP contribution in [-0.2, 0) is 6.42 Å². The molecule has 2 aromatic carbocycles. The van der Waals surface area contributed by atoms with Crippen LogP contribution in [0.5, 0.6) is 5.75 Å². The predicted octanol–water partition coefficient (Wildman–Crippen LogP) is 3.57. The van der Waals surface area contributed by atoms with Crippen molar-refractivity contribution < 1.29 is 9.84 Å². The van der Waals surface area contributed by atoms with Crippen LogP contribution in [-0.4, -0.2) is 24.6 Å². The molecule has 2 aromatic rings. The Bertz CT molecular complexity index is 941. The molecule has 2 N–H and O–H groups in total. The van der Waals surface area contributed by atoms with Crippen molar-refractivity contribution in [3.05, 3.63) is 70.8 Å². The first-order chi connectivity index (χ1) is 13.1. The monoisotopic (exact) mass is 361 g/mol. The maximum absolute atomic E-state index is 10.1. The molecule has 5 nitrogen and oxygen atoms in total. The summed E-state index contributed by atoms with van der Waals surface area (Å²) in [6.07, 6.45) is 1.14. The van der Waals surface area contributed by atoms with Crippen LogP contribution in [0.25, 0.3) is 5.70 Å². The smallest absolute Gasteiger partial charge is 0.137 e.